The fourth-order valence-electron chi connectivity index (χ4n) is 4.40. The van der Waals surface area contributed by atoms with Gasteiger partial charge in [-0.15, -0.1) is 0 Å². The molecule has 0 atom stereocenters. The first-order valence-corrected chi connectivity index (χ1v) is 13.2. The summed E-state index contributed by atoms with van der Waals surface area (Å²) < 4.78 is 5.53. The third-order valence-corrected chi connectivity index (χ3v) is 6.59. The molecular formula is C31H41N3O3. The van der Waals surface area contributed by atoms with Gasteiger partial charge in [-0.2, -0.15) is 0 Å². The van der Waals surface area contributed by atoms with Crippen LogP contribution in [0.3, 0.4) is 0 Å². The predicted molar refractivity (Wildman–Crippen MR) is 150 cm³/mol. The van der Waals surface area contributed by atoms with Crippen LogP contribution in [0.15, 0.2) is 71.3 Å². The van der Waals surface area contributed by atoms with Crippen molar-refractivity contribution in [3.63, 3.8) is 0 Å². The van der Waals surface area contributed by atoms with Crippen molar-refractivity contribution in [3.8, 4) is 0 Å². The largest absolute Gasteiger partial charge is 0.467 e. The number of hydrogen-bond donors (Lipinski definition) is 1. The first kappa shape index (κ1) is 28.0. The Bertz CT molecular complexity index is 1110. The maximum Gasteiger partial charge on any atom is 0.322 e. The van der Waals surface area contributed by atoms with E-state index in [9.17, 15) is 9.59 Å². The molecule has 37 heavy (non-hydrogen) atoms. The fourth-order valence-corrected chi connectivity index (χ4v) is 4.40. The number of para-hydroxylation sites is 1. The van der Waals surface area contributed by atoms with Gasteiger partial charge in [0.2, 0.25) is 5.91 Å². The SMILES string of the molecule is CC(C)c1cccc(C(C)C)c1NC(=O)N(CC(=O)N(CCc1ccccc1)Cc1ccco1)C(C)C. The predicted octanol–water partition coefficient (Wildman–Crippen LogP) is 7.04. The second-order valence-electron chi connectivity index (χ2n) is 10.4. The Kier molecular flexibility index (Phi) is 9.95. The Hall–Kier alpha value is -3.54. The summed E-state index contributed by atoms with van der Waals surface area (Å²) in [6.07, 6.45) is 2.34. The number of anilines is 1. The molecule has 0 spiro atoms. The molecule has 3 aromatic rings. The highest BCUT2D eigenvalue weighted by molar-refractivity contribution is 5.94. The van der Waals surface area contributed by atoms with E-state index in [4.69, 9.17) is 4.42 Å². The van der Waals surface area contributed by atoms with Crippen LogP contribution < -0.4 is 5.32 Å². The van der Waals surface area contributed by atoms with E-state index in [0.29, 0.717) is 13.1 Å². The normalized spacial score (nSPS) is 11.3. The summed E-state index contributed by atoms with van der Waals surface area (Å²) in [5, 5.41) is 3.17. The number of nitrogens with zero attached hydrogens (tertiary/aromatic N) is 2. The molecule has 3 rings (SSSR count). The molecule has 0 fully saturated rings. The van der Waals surface area contributed by atoms with E-state index >= 15 is 0 Å². The van der Waals surface area contributed by atoms with Crippen LogP contribution in [0.25, 0.3) is 0 Å². The summed E-state index contributed by atoms with van der Waals surface area (Å²) in [5.74, 6) is 1.11. The fraction of sp³-hybridized carbons (Fsp3) is 0.419. The summed E-state index contributed by atoms with van der Waals surface area (Å²) >= 11 is 0. The Morgan fingerprint density at radius 1 is 0.838 bits per heavy atom. The lowest BCUT2D eigenvalue weighted by Crippen LogP contribution is -2.47. The zero-order valence-corrected chi connectivity index (χ0v) is 23.0. The lowest BCUT2D eigenvalue weighted by Gasteiger charge is -2.31. The van der Waals surface area contributed by atoms with Crippen LogP contribution in [-0.4, -0.2) is 40.9 Å². The van der Waals surface area contributed by atoms with E-state index in [0.717, 1.165) is 34.6 Å². The molecule has 1 heterocycles. The van der Waals surface area contributed by atoms with Gasteiger partial charge in [0.05, 0.1) is 12.8 Å². The van der Waals surface area contributed by atoms with Crippen molar-refractivity contribution in [1.29, 1.82) is 0 Å². The molecule has 3 amide bonds. The third kappa shape index (κ3) is 7.72. The molecule has 1 aromatic heterocycles. The van der Waals surface area contributed by atoms with Gasteiger partial charge in [-0.3, -0.25) is 4.79 Å². The minimum atomic E-state index is -0.264. The summed E-state index contributed by atoms with van der Waals surface area (Å²) in [5.41, 5.74) is 4.20. The number of furan rings is 1. The van der Waals surface area contributed by atoms with Gasteiger partial charge in [0.1, 0.15) is 12.3 Å². The maximum absolute atomic E-state index is 13.6. The first-order valence-electron chi connectivity index (χ1n) is 13.2. The molecule has 0 bridgehead atoms. The van der Waals surface area contributed by atoms with Crippen molar-refractivity contribution in [2.24, 2.45) is 0 Å². The summed E-state index contributed by atoms with van der Waals surface area (Å²) in [6, 6.07) is 19.5. The molecule has 198 valence electrons. The van der Waals surface area contributed by atoms with E-state index in [2.05, 4.69) is 57.3 Å². The van der Waals surface area contributed by atoms with Crippen molar-refractivity contribution >= 4 is 17.6 Å². The Morgan fingerprint density at radius 2 is 1.49 bits per heavy atom. The van der Waals surface area contributed by atoms with Gasteiger partial charge in [-0.1, -0.05) is 76.2 Å². The van der Waals surface area contributed by atoms with E-state index < -0.39 is 0 Å². The smallest absolute Gasteiger partial charge is 0.322 e. The second kappa shape index (κ2) is 13.1. The highest BCUT2D eigenvalue weighted by Gasteiger charge is 2.26. The standard InChI is InChI=1S/C31H41N3O3/c1-22(2)27-15-10-16-28(23(3)4)30(27)32-31(36)34(24(5)6)21-29(35)33(20-26-14-11-19-37-26)18-17-25-12-8-7-9-13-25/h7-16,19,22-24H,17-18,20-21H2,1-6H3,(H,32,36). The van der Waals surface area contributed by atoms with E-state index in [1.54, 1.807) is 16.1 Å². The van der Waals surface area contributed by atoms with E-state index in [-0.39, 0.29) is 36.4 Å². The first-order chi connectivity index (χ1) is 17.7. The minimum Gasteiger partial charge on any atom is -0.467 e. The molecule has 1 N–H and O–H groups in total. The van der Waals surface area contributed by atoms with Crippen molar-refractivity contribution in [3.05, 3.63) is 89.4 Å². The third-order valence-electron chi connectivity index (χ3n) is 6.59. The molecule has 2 aromatic carbocycles. The number of carbonyl (C=O) groups excluding carboxylic acids is 2. The number of amides is 3. The minimum absolute atomic E-state index is 0.0140. The van der Waals surface area contributed by atoms with E-state index in [1.807, 2.05) is 50.2 Å². The average Bonchev–Trinajstić information content (AvgIpc) is 3.38. The number of carbonyl (C=O) groups is 2. The number of hydrogen-bond acceptors (Lipinski definition) is 3. The van der Waals surface area contributed by atoms with Crippen molar-refractivity contribution < 1.29 is 14.0 Å². The van der Waals surface area contributed by atoms with E-state index in [1.165, 1.54) is 0 Å². The maximum atomic E-state index is 13.6. The van der Waals surface area contributed by atoms with Gasteiger partial charge >= 0.3 is 6.03 Å². The summed E-state index contributed by atoms with van der Waals surface area (Å²) in [7, 11) is 0. The van der Waals surface area contributed by atoms with Crippen LogP contribution in [0.1, 0.15) is 75.8 Å². The monoisotopic (exact) mass is 503 g/mol. The highest BCUT2D eigenvalue weighted by atomic mass is 16.3. The van der Waals surface area contributed by atoms with Crippen LogP contribution in [0, 0.1) is 0 Å². The van der Waals surface area contributed by atoms with Gasteiger partial charge in [0.25, 0.3) is 0 Å². The summed E-state index contributed by atoms with van der Waals surface area (Å²) in [6.45, 7) is 13.2. The number of rotatable bonds is 11. The molecule has 0 unspecified atom stereocenters. The molecule has 0 saturated heterocycles. The van der Waals surface area contributed by atoms with Crippen LogP contribution in [0.2, 0.25) is 0 Å². The molecule has 0 radical (unpaired) electrons. The summed E-state index contributed by atoms with van der Waals surface area (Å²) in [4.78, 5) is 30.5. The molecule has 6 heteroatoms. The van der Waals surface area contributed by atoms with Crippen molar-refractivity contribution in [1.82, 2.24) is 9.80 Å². The number of urea groups is 1. The van der Waals surface area contributed by atoms with Gasteiger partial charge in [-0.25, -0.2) is 4.79 Å². The number of benzene rings is 2. The van der Waals surface area contributed by atoms with Gasteiger partial charge in [-0.05, 0) is 60.9 Å². The lowest BCUT2D eigenvalue weighted by molar-refractivity contribution is -0.133. The molecule has 6 nitrogen and oxygen atoms in total. The molecule has 0 aliphatic rings. The van der Waals surface area contributed by atoms with Crippen molar-refractivity contribution in [2.45, 2.75) is 72.4 Å². The average molecular weight is 504 g/mol. The molecule has 0 aliphatic heterocycles. The van der Waals surface area contributed by atoms with Crippen LogP contribution in [-0.2, 0) is 17.8 Å². The Labute approximate surface area is 221 Å². The lowest BCUT2D eigenvalue weighted by atomic mass is 9.93. The van der Waals surface area contributed by atoms with Gasteiger partial charge in [0.15, 0.2) is 0 Å². The van der Waals surface area contributed by atoms with Gasteiger partial charge in [0, 0.05) is 18.3 Å². The Balaban J connectivity index is 1.80. The quantitative estimate of drug-likeness (QED) is 0.305. The van der Waals surface area contributed by atoms with Crippen LogP contribution in [0.4, 0.5) is 10.5 Å². The molecular weight excluding hydrogens is 462 g/mol. The van der Waals surface area contributed by atoms with Crippen molar-refractivity contribution in [2.75, 3.05) is 18.4 Å². The zero-order valence-electron chi connectivity index (χ0n) is 23.0. The second-order valence-corrected chi connectivity index (χ2v) is 10.4. The number of nitrogens with one attached hydrogen (secondary N) is 1. The topological polar surface area (TPSA) is 65.8 Å². The Morgan fingerprint density at radius 3 is 2.03 bits per heavy atom. The van der Waals surface area contributed by atoms with Crippen LogP contribution in [0.5, 0.6) is 0 Å². The van der Waals surface area contributed by atoms with Crippen LogP contribution >= 0.6 is 0 Å². The zero-order chi connectivity index (χ0) is 26.9. The molecule has 0 saturated carbocycles. The van der Waals surface area contributed by atoms with Gasteiger partial charge < -0.3 is 19.5 Å². The molecule has 0 aliphatic carbocycles. The highest BCUT2D eigenvalue weighted by Crippen LogP contribution is 2.32.